The normalized spacial score (nSPS) is 25.5. The molecule has 0 unspecified atom stereocenters. The summed E-state index contributed by atoms with van der Waals surface area (Å²) in [6, 6.07) is 6.92. The van der Waals surface area contributed by atoms with Crippen molar-refractivity contribution in [2.75, 3.05) is 32.7 Å². The molecule has 1 saturated heterocycles. The molecule has 0 saturated carbocycles. The second-order valence-corrected chi connectivity index (χ2v) is 8.28. The van der Waals surface area contributed by atoms with Gasteiger partial charge in [-0.2, -0.15) is 0 Å². The maximum Gasteiger partial charge on any atom is 0.240 e. The Labute approximate surface area is 164 Å². The number of amides is 2. The molecule has 0 radical (unpaired) electrons. The van der Waals surface area contributed by atoms with Gasteiger partial charge in [0, 0.05) is 42.1 Å². The predicted octanol–water partition coefficient (Wildman–Crippen LogP) is 1.78. The van der Waals surface area contributed by atoms with Crippen LogP contribution in [0.5, 0.6) is 0 Å². The van der Waals surface area contributed by atoms with E-state index in [1.807, 2.05) is 4.90 Å². The maximum atomic E-state index is 11.8. The van der Waals surface area contributed by atoms with Crippen LogP contribution in [0.3, 0.4) is 0 Å². The Hall–Kier alpha value is -2.44. The third-order valence-corrected chi connectivity index (χ3v) is 6.21. The fraction of sp³-hybridized carbons (Fsp3) is 0.455. The van der Waals surface area contributed by atoms with Crippen molar-refractivity contribution in [1.82, 2.24) is 20.1 Å². The van der Waals surface area contributed by atoms with Crippen molar-refractivity contribution in [2.45, 2.75) is 25.8 Å². The van der Waals surface area contributed by atoms with Crippen molar-refractivity contribution in [2.24, 2.45) is 5.92 Å². The van der Waals surface area contributed by atoms with Crippen molar-refractivity contribution in [3.8, 4) is 0 Å². The summed E-state index contributed by atoms with van der Waals surface area (Å²) in [6.07, 6.45) is 6.74. The summed E-state index contributed by atoms with van der Waals surface area (Å²) in [5.41, 5.74) is 5.36. The Balaban J connectivity index is 1.50. The van der Waals surface area contributed by atoms with Gasteiger partial charge in [0.1, 0.15) is 0 Å². The van der Waals surface area contributed by atoms with Crippen molar-refractivity contribution in [1.29, 1.82) is 0 Å². The molecule has 28 heavy (non-hydrogen) atoms. The first-order chi connectivity index (χ1) is 13.6. The summed E-state index contributed by atoms with van der Waals surface area (Å²) >= 11 is 0. The molecule has 3 aliphatic rings. The Bertz CT molecular complexity index is 960. The third-order valence-electron chi connectivity index (χ3n) is 6.21. The van der Waals surface area contributed by atoms with Crippen molar-refractivity contribution in [3.05, 3.63) is 41.6 Å². The van der Waals surface area contributed by atoms with Crippen LogP contribution >= 0.6 is 0 Å². The SMILES string of the molecule is CCCN1C[C@H](CN2CC(=O)NC(=O)C2)C=C2c3cccc4[nH]cc(c34)C[C@H]21. The summed E-state index contributed by atoms with van der Waals surface area (Å²) in [7, 11) is 0. The molecule has 3 heterocycles. The van der Waals surface area contributed by atoms with Crippen LogP contribution in [0.2, 0.25) is 0 Å². The van der Waals surface area contributed by atoms with Gasteiger partial charge in [0.15, 0.2) is 0 Å². The van der Waals surface area contributed by atoms with E-state index in [4.69, 9.17) is 0 Å². The number of hydrogen-bond acceptors (Lipinski definition) is 4. The molecule has 2 atom stereocenters. The van der Waals surface area contributed by atoms with Crippen LogP contribution < -0.4 is 5.32 Å². The van der Waals surface area contributed by atoms with E-state index in [0.717, 1.165) is 32.5 Å². The summed E-state index contributed by atoms with van der Waals surface area (Å²) < 4.78 is 0. The van der Waals surface area contributed by atoms with E-state index in [1.165, 1.54) is 27.6 Å². The lowest BCUT2D eigenvalue weighted by atomic mass is 9.79. The van der Waals surface area contributed by atoms with Crippen LogP contribution in [0, 0.1) is 5.92 Å². The molecule has 146 valence electrons. The van der Waals surface area contributed by atoms with Crippen molar-refractivity contribution in [3.63, 3.8) is 0 Å². The highest BCUT2D eigenvalue weighted by atomic mass is 16.2. The number of aromatic nitrogens is 1. The molecule has 1 aromatic heterocycles. The van der Waals surface area contributed by atoms with Crippen LogP contribution in [0.4, 0.5) is 0 Å². The van der Waals surface area contributed by atoms with Gasteiger partial charge in [0.25, 0.3) is 0 Å². The molecule has 1 aromatic carbocycles. The fourth-order valence-corrected chi connectivity index (χ4v) is 5.22. The number of imide groups is 1. The largest absolute Gasteiger partial charge is 0.361 e. The Morgan fingerprint density at radius 2 is 2.00 bits per heavy atom. The first-order valence-corrected chi connectivity index (χ1v) is 10.2. The molecule has 2 amide bonds. The summed E-state index contributed by atoms with van der Waals surface area (Å²) in [5.74, 6) is -0.0722. The average molecular weight is 378 g/mol. The van der Waals surface area contributed by atoms with Gasteiger partial charge in [-0.3, -0.25) is 24.7 Å². The number of fused-ring (bicyclic) bond motifs is 2. The van der Waals surface area contributed by atoms with Gasteiger partial charge in [-0.1, -0.05) is 25.1 Å². The topological polar surface area (TPSA) is 68.4 Å². The standard InChI is InChI=1S/C22H26N4O2/c1-2-6-26-11-14(10-25-12-20(27)24-21(28)13-25)7-17-16-4-3-5-18-22(16)15(9-23-18)8-19(17)26/h3-5,7,9,14,19,23H,2,6,8,10-13H2,1H3,(H,24,27,28)/t14-,19+/m0/s1. The lowest BCUT2D eigenvalue weighted by Crippen LogP contribution is -2.54. The number of nitrogens with zero attached hydrogens (tertiary/aromatic N) is 2. The lowest BCUT2D eigenvalue weighted by molar-refractivity contribution is -0.136. The highest BCUT2D eigenvalue weighted by molar-refractivity contribution is 5.99. The highest BCUT2D eigenvalue weighted by Crippen LogP contribution is 2.41. The number of piperazine rings is 1. The van der Waals surface area contributed by atoms with Crippen LogP contribution in [-0.4, -0.2) is 65.4 Å². The second kappa shape index (κ2) is 6.87. The molecule has 1 aliphatic carbocycles. The minimum absolute atomic E-state index is 0.192. The zero-order valence-corrected chi connectivity index (χ0v) is 16.2. The molecule has 0 spiro atoms. The smallest absolute Gasteiger partial charge is 0.240 e. The minimum Gasteiger partial charge on any atom is -0.361 e. The number of benzene rings is 1. The molecule has 5 rings (SSSR count). The van der Waals surface area contributed by atoms with Gasteiger partial charge in [0.2, 0.25) is 11.8 Å². The molecule has 0 bridgehead atoms. The molecule has 6 heteroatoms. The predicted molar refractivity (Wildman–Crippen MR) is 109 cm³/mol. The minimum atomic E-state index is -0.192. The first kappa shape index (κ1) is 17.6. The van der Waals surface area contributed by atoms with Gasteiger partial charge in [0.05, 0.1) is 13.1 Å². The zero-order chi connectivity index (χ0) is 19.3. The van der Waals surface area contributed by atoms with Crippen LogP contribution in [0.15, 0.2) is 30.5 Å². The molecule has 1 fully saturated rings. The lowest BCUT2D eigenvalue weighted by Gasteiger charge is -2.43. The van der Waals surface area contributed by atoms with E-state index < -0.39 is 0 Å². The summed E-state index contributed by atoms with van der Waals surface area (Å²) in [6.45, 7) is 5.62. The van der Waals surface area contributed by atoms with Gasteiger partial charge in [-0.15, -0.1) is 0 Å². The van der Waals surface area contributed by atoms with Crippen LogP contribution in [0.25, 0.3) is 16.5 Å². The summed E-state index contributed by atoms with van der Waals surface area (Å²) in [4.78, 5) is 31.5. The number of nitrogens with one attached hydrogen (secondary N) is 2. The number of rotatable bonds is 4. The van der Waals surface area contributed by atoms with Gasteiger partial charge in [-0.05, 0) is 42.2 Å². The fourth-order valence-electron chi connectivity index (χ4n) is 5.22. The quantitative estimate of drug-likeness (QED) is 0.796. The van der Waals surface area contributed by atoms with Crippen molar-refractivity contribution < 1.29 is 9.59 Å². The average Bonchev–Trinajstić information content (AvgIpc) is 3.06. The van der Waals surface area contributed by atoms with E-state index in [0.29, 0.717) is 25.0 Å². The van der Waals surface area contributed by atoms with E-state index in [-0.39, 0.29) is 11.8 Å². The molecule has 2 N–H and O–H groups in total. The van der Waals surface area contributed by atoms with Crippen LogP contribution in [-0.2, 0) is 16.0 Å². The van der Waals surface area contributed by atoms with Gasteiger partial charge < -0.3 is 4.98 Å². The Morgan fingerprint density at radius 3 is 2.79 bits per heavy atom. The molecule has 2 aromatic rings. The Morgan fingerprint density at radius 1 is 1.18 bits per heavy atom. The van der Waals surface area contributed by atoms with Crippen molar-refractivity contribution >= 4 is 28.3 Å². The Kier molecular flexibility index (Phi) is 4.33. The van der Waals surface area contributed by atoms with Crippen LogP contribution in [0.1, 0.15) is 24.5 Å². The maximum absolute atomic E-state index is 11.8. The number of H-pyrrole nitrogens is 1. The number of carbonyl (C=O) groups is 2. The number of carbonyl (C=O) groups excluding carboxylic acids is 2. The van der Waals surface area contributed by atoms with E-state index in [1.54, 1.807) is 0 Å². The third kappa shape index (κ3) is 2.97. The number of aromatic amines is 1. The monoisotopic (exact) mass is 378 g/mol. The number of hydrogen-bond donors (Lipinski definition) is 2. The van der Waals surface area contributed by atoms with E-state index in [9.17, 15) is 9.59 Å². The first-order valence-electron chi connectivity index (χ1n) is 10.2. The highest BCUT2D eigenvalue weighted by Gasteiger charge is 2.36. The molecule has 2 aliphatic heterocycles. The molecular formula is C22H26N4O2. The molecular weight excluding hydrogens is 352 g/mol. The summed E-state index contributed by atoms with van der Waals surface area (Å²) in [5, 5.41) is 3.75. The molecule has 6 nitrogen and oxygen atoms in total. The van der Waals surface area contributed by atoms with E-state index >= 15 is 0 Å². The van der Waals surface area contributed by atoms with E-state index in [2.05, 4.69) is 52.6 Å². The second-order valence-electron chi connectivity index (χ2n) is 8.28. The van der Waals surface area contributed by atoms with Gasteiger partial charge in [-0.25, -0.2) is 0 Å². The van der Waals surface area contributed by atoms with Gasteiger partial charge >= 0.3 is 0 Å². The zero-order valence-electron chi connectivity index (χ0n) is 16.2.